The van der Waals surface area contributed by atoms with Crippen LogP contribution in [0.15, 0.2) is 42.5 Å². The summed E-state index contributed by atoms with van der Waals surface area (Å²) in [6.45, 7) is 3.30. The summed E-state index contributed by atoms with van der Waals surface area (Å²) in [6.07, 6.45) is 1.48. The van der Waals surface area contributed by atoms with Crippen molar-refractivity contribution in [3.63, 3.8) is 0 Å². The van der Waals surface area contributed by atoms with Crippen molar-refractivity contribution in [1.82, 2.24) is 9.88 Å². The number of nitrogens with zero attached hydrogens (tertiary/aromatic N) is 2. The molecule has 5 nitrogen and oxygen atoms in total. The average Bonchev–Trinajstić information content (AvgIpc) is 3.09. The fraction of sp³-hybridized carbons (Fsp3) is 0.333. The number of rotatable bonds is 5. The molecule has 0 bridgehead atoms. The number of carbonyl (C=O) groups is 1. The molecule has 0 radical (unpaired) electrons. The lowest BCUT2D eigenvalue weighted by molar-refractivity contribution is -0.135. The van der Waals surface area contributed by atoms with Crippen LogP contribution in [0.2, 0.25) is 0 Å². The second kappa shape index (κ2) is 8.14. The Kier molecular flexibility index (Phi) is 5.43. The highest BCUT2D eigenvalue weighted by Crippen LogP contribution is 2.30. The number of piperidine rings is 1. The van der Waals surface area contributed by atoms with Crippen molar-refractivity contribution in [2.75, 3.05) is 19.7 Å². The first-order valence-corrected chi connectivity index (χ1v) is 10.1. The number of hydrogen-bond acceptors (Lipinski definition) is 5. The minimum atomic E-state index is -0.276. The van der Waals surface area contributed by atoms with Crippen molar-refractivity contribution < 1.29 is 18.7 Å². The van der Waals surface area contributed by atoms with Gasteiger partial charge in [0.2, 0.25) is 0 Å². The number of thiazole rings is 1. The largest absolute Gasteiger partial charge is 0.484 e. The fourth-order valence-corrected chi connectivity index (χ4v) is 4.07. The van der Waals surface area contributed by atoms with Crippen LogP contribution in [0.5, 0.6) is 10.9 Å². The van der Waals surface area contributed by atoms with Crippen molar-refractivity contribution in [2.24, 2.45) is 0 Å². The maximum absolute atomic E-state index is 13.3. The molecule has 146 valence electrons. The number of amides is 1. The van der Waals surface area contributed by atoms with Gasteiger partial charge in [-0.15, -0.1) is 0 Å². The van der Waals surface area contributed by atoms with Gasteiger partial charge in [-0.2, -0.15) is 0 Å². The Morgan fingerprint density at radius 3 is 2.71 bits per heavy atom. The van der Waals surface area contributed by atoms with E-state index in [1.54, 1.807) is 6.07 Å². The summed E-state index contributed by atoms with van der Waals surface area (Å²) in [5.74, 6) is 0.404. The summed E-state index contributed by atoms with van der Waals surface area (Å²) < 4.78 is 25.6. The number of ether oxygens (including phenoxy) is 2. The number of aryl methyl sites for hydroxylation is 1. The average molecular weight is 400 g/mol. The molecule has 3 aromatic rings. The fourth-order valence-electron chi connectivity index (χ4n) is 3.16. The molecule has 4 rings (SSSR count). The smallest absolute Gasteiger partial charge is 0.274 e. The lowest BCUT2D eigenvalue weighted by Gasteiger charge is -2.31. The van der Waals surface area contributed by atoms with Crippen molar-refractivity contribution in [2.45, 2.75) is 25.9 Å². The number of likely N-dealkylation sites (tertiary alicyclic amines) is 1. The summed E-state index contributed by atoms with van der Waals surface area (Å²) in [4.78, 5) is 18.6. The minimum Gasteiger partial charge on any atom is -0.484 e. The molecule has 0 unspecified atom stereocenters. The normalized spacial score (nSPS) is 15.0. The monoisotopic (exact) mass is 400 g/mol. The Hall–Kier alpha value is -2.67. The van der Waals surface area contributed by atoms with Gasteiger partial charge in [-0.1, -0.05) is 29.0 Å². The van der Waals surface area contributed by atoms with Crippen LogP contribution in [0.4, 0.5) is 4.39 Å². The van der Waals surface area contributed by atoms with Crippen LogP contribution < -0.4 is 9.47 Å². The molecular weight excluding hydrogens is 379 g/mol. The highest BCUT2D eigenvalue weighted by Gasteiger charge is 2.25. The van der Waals surface area contributed by atoms with E-state index in [-0.39, 0.29) is 24.4 Å². The van der Waals surface area contributed by atoms with Gasteiger partial charge in [0, 0.05) is 25.9 Å². The number of halogens is 1. The Morgan fingerprint density at radius 2 is 1.96 bits per heavy atom. The molecule has 0 atom stereocenters. The predicted octanol–water partition coefficient (Wildman–Crippen LogP) is 4.19. The topological polar surface area (TPSA) is 51.7 Å². The maximum atomic E-state index is 13.3. The molecular formula is C21H21FN2O3S. The molecule has 0 aliphatic carbocycles. The van der Waals surface area contributed by atoms with Crippen LogP contribution in [0.25, 0.3) is 10.2 Å². The SMILES string of the molecule is Cc1ccc(OCC(=O)N2CCC(Oc3nc4ccc(F)cc4s3)CC2)cc1. The van der Waals surface area contributed by atoms with E-state index in [4.69, 9.17) is 9.47 Å². The van der Waals surface area contributed by atoms with E-state index in [2.05, 4.69) is 4.98 Å². The molecule has 1 aliphatic rings. The molecule has 7 heteroatoms. The number of hydrogen-bond donors (Lipinski definition) is 0. The third-order valence-corrected chi connectivity index (χ3v) is 5.69. The van der Waals surface area contributed by atoms with Crippen LogP contribution >= 0.6 is 11.3 Å². The molecule has 1 saturated heterocycles. The molecule has 1 fully saturated rings. The first kappa shape index (κ1) is 18.7. The summed E-state index contributed by atoms with van der Waals surface area (Å²) in [5.41, 5.74) is 1.89. The Bertz CT molecular complexity index is 965. The Morgan fingerprint density at radius 1 is 1.21 bits per heavy atom. The summed E-state index contributed by atoms with van der Waals surface area (Å²) in [7, 11) is 0. The van der Waals surface area contributed by atoms with Crippen LogP contribution in [-0.4, -0.2) is 41.6 Å². The van der Waals surface area contributed by atoms with E-state index < -0.39 is 0 Å². The quantitative estimate of drug-likeness (QED) is 0.644. The molecule has 28 heavy (non-hydrogen) atoms. The van der Waals surface area contributed by atoms with Crippen molar-refractivity contribution in [1.29, 1.82) is 0 Å². The first-order valence-electron chi connectivity index (χ1n) is 9.27. The summed E-state index contributed by atoms with van der Waals surface area (Å²) in [6, 6.07) is 12.2. The predicted molar refractivity (Wildman–Crippen MR) is 106 cm³/mol. The van der Waals surface area contributed by atoms with Gasteiger partial charge in [0.15, 0.2) is 6.61 Å². The molecule has 2 aromatic carbocycles. The molecule has 2 heterocycles. The van der Waals surface area contributed by atoms with Crippen molar-refractivity contribution in [3.8, 4) is 10.9 Å². The molecule has 0 spiro atoms. The van der Waals surface area contributed by atoms with Crippen molar-refractivity contribution >= 4 is 27.5 Å². The van der Waals surface area contributed by atoms with Gasteiger partial charge in [0.05, 0.1) is 10.2 Å². The number of aromatic nitrogens is 1. The third-order valence-electron chi connectivity index (χ3n) is 4.78. The molecule has 0 saturated carbocycles. The second-order valence-electron chi connectivity index (χ2n) is 6.89. The zero-order chi connectivity index (χ0) is 19.5. The number of fused-ring (bicyclic) bond motifs is 1. The number of benzene rings is 2. The van der Waals surface area contributed by atoms with E-state index in [0.717, 1.165) is 28.6 Å². The Labute approximate surface area is 166 Å². The highest BCUT2D eigenvalue weighted by atomic mass is 32.1. The van der Waals surface area contributed by atoms with Gasteiger partial charge < -0.3 is 14.4 Å². The van der Waals surface area contributed by atoms with E-state index in [1.807, 2.05) is 36.1 Å². The summed E-state index contributed by atoms with van der Waals surface area (Å²) >= 11 is 1.35. The van der Waals surface area contributed by atoms with Gasteiger partial charge in [0.25, 0.3) is 11.1 Å². The zero-order valence-corrected chi connectivity index (χ0v) is 16.4. The van der Waals surface area contributed by atoms with E-state index in [0.29, 0.717) is 24.0 Å². The first-order chi connectivity index (χ1) is 13.6. The van der Waals surface area contributed by atoms with E-state index in [9.17, 15) is 9.18 Å². The minimum absolute atomic E-state index is 0.00692. The van der Waals surface area contributed by atoms with Gasteiger partial charge in [0.1, 0.15) is 17.7 Å². The number of carbonyl (C=O) groups excluding carboxylic acids is 1. The standard InChI is InChI=1S/C21H21FN2O3S/c1-14-2-5-16(6-3-14)26-13-20(25)24-10-8-17(9-11-24)27-21-23-18-7-4-15(22)12-19(18)28-21/h2-7,12,17H,8-11,13H2,1H3. The molecule has 0 N–H and O–H groups in total. The van der Waals surface area contributed by atoms with Crippen LogP contribution in [0, 0.1) is 12.7 Å². The summed E-state index contributed by atoms with van der Waals surface area (Å²) in [5, 5.41) is 0.549. The van der Waals surface area contributed by atoms with Gasteiger partial charge in [-0.05, 0) is 37.3 Å². The highest BCUT2D eigenvalue weighted by molar-refractivity contribution is 7.20. The maximum Gasteiger partial charge on any atom is 0.274 e. The van der Waals surface area contributed by atoms with E-state index >= 15 is 0 Å². The molecule has 1 aromatic heterocycles. The van der Waals surface area contributed by atoms with Crippen molar-refractivity contribution in [3.05, 3.63) is 53.8 Å². The van der Waals surface area contributed by atoms with Gasteiger partial charge in [-0.3, -0.25) is 4.79 Å². The zero-order valence-electron chi connectivity index (χ0n) is 15.6. The lowest BCUT2D eigenvalue weighted by Crippen LogP contribution is -2.43. The molecule has 1 aliphatic heterocycles. The molecule has 1 amide bonds. The Balaban J connectivity index is 1.26. The lowest BCUT2D eigenvalue weighted by atomic mass is 10.1. The van der Waals surface area contributed by atoms with Gasteiger partial charge in [-0.25, -0.2) is 9.37 Å². The third kappa shape index (κ3) is 4.42. The van der Waals surface area contributed by atoms with Crippen LogP contribution in [0.3, 0.4) is 0 Å². The van der Waals surface area contributed by atoms with Crippen LogP contribution in [0.1, 0.15) is 18.4 Å². The van der Waals surface area contributed by atoms with Gasteiger partial charge >= 0.3 is 0 Å². The van der Waals surface area contributed by atoms with Crippen LogP contribution in [-0.2, 0) is 4.79 Å². The second-order valence-corrected chi connectivity index (χ2v) is 7.88. The van der Waals surface area contributed by atoms with E-state index in [1.165, 1.54) is 23.5 Å².